The Kier molecular flexibility index (Phi) is 2.14. The van der Waals surface area contributed by atoms with Gasteiger partial charge in [-0.3, -0.25) is 9.36 Å². The van der Waals surface area contributed by atoms with Crippen molar-refractivity contribution in [2.75, 3.05) is 6.54 Å². The maximum atomic E-state index is 11.7. The maximum Gasteiger partial charge on any atom is 0.256 e. The Morgan fingerprint density at radius 3 is 3.00 bits per heavy atom. The lowest BCUT2D eigenvalue weighted by molar-refractivity contribution is 0.674. The molecule has 0 atom stereocenters. The molecule has 0 unspecified atom stereocenters. The summed E-state index contributed by atoms with van der Waals surface area (Å²) in [6.45, 7) is 0.506. The minimum absolute atomic E-state index is 0.0861. The highest BCUT2D eigenvalue weighted by Gasteiger charge is 2.24. The van der Waals surface area contributed by atoms with E-state index in [1.54, 1.807) is 17.1 Å². The molecule has 1 heterocycles. The van der Waals surface area contributed by atoms with Crippen LogP contribution >= 0.6 is 0 Å². The van der Waals surface area contributed by atoms with Gasteiger partial charge in [-0.1, -0.05) is 0 Å². The predicted molar refractivity (Wildman–Crippen MR) is 49.5 cm³/mol. The van der Waals surface area contributed by atoms with E-state index < -0.39 is 0 Å². The van der Waals surface area contributed by atoms with E-state index in [0.29, 0.717) is 19.0 Å². The number of hydrogen-bond acceptors (Lipinski definition) is 3. The van der Waals surface area contributed by atoms with Crippen molar-refractivity contribution in [3.05, 3.63) is 28.4 Å². The molecule has 0 radical (unpaired) electrons. The van der Waals surface area contributed by atoms with Crippen LogP contribution in [0, 0.1) is 0 Å². The van der Waals surface area contributed by atoms with Gasteiger partial charge in [0.15, 0.2) is 0 Å². The van der Waals surface area contributed by atoms with E-state index in [1.807, 2.05) is 0 Å². The van der Waals surface area contributed by atoms with E-state index in [9.17, 15) is 4.79 Å². The van der Waals surface area contributed by atoms with E-state index in [-0.39, 0.29) is 5.56 Å². The molecule has 0 spiro atoms. The molecule has 4 nitrogen and oxygen atoms in total. The summed E-state index contributed by atoms with van der Waals surface area (Å²) in [6.07, 6.45) is 6.08. The van der Waals surface area contributed by atoms with Crippen molar-refractivity contribution in [2.24, 2.45) is 5.73 Å². The molecule has 2 N–H and O–H groups in total. The molecule has 1 aliphatic carbocycles. The minimum Gasteiger partial charge on any atom is -0.330 e. The second kappa shape index (κ2) is 3.30. The van der Waals surface area contributed by atoms with Crippen molar-refractivity contribution in [3.8, 4) is 0 Å². The molecule has 0 aromatic carbocycles. The van der Waals surface area contributed by atoms with Crippen LogP contribution in [0.25, 0.3) is 0 Å². The van der Waals surface area contributed by atoms with E-state index in [2.05, 4.69) is 4.98 Å². The van der Waals surface area contributed by atoms with Crippen molar-refractivity contribution in [2.45, 2.75) is 25.3 Å². The second-order valence-electron chi connectivity index (χ2n) is 3.40. The zero-order valence-corrected chi connectivity index (χ0v) is 7.44. The van der Waals surface area contributed by atoms with E-state index in [0.717, 1.165) is 18.4 Å². The standard InChI is InChI=1S/C9H13N3O/c10-4-3-7-5-11-6-12(9(7)13)8-1-2-8/h5-6,8H,1-4,10H2. The van der Waals surface area contributed by atoms with Crippen molar-refractivity contribution in [1.29, 1.82) is 0 Å². The molecule has 1 aromatic heterocycles. The third-order valence-electron chi connectivity index (χ3n) is 2.28. The molecule has 4 heteroatoms. The third kappa shape index (κ3) is 1.62. The van der Waals surface area contributed by atoms with Gasteiger partial charge in [-0.25, -0.2) is 4.98 Å². The van der Waals surface area contributed by atoms with Gasteiger partial charge in [0.25, 0.3) is 5.56 Å². The molecule has 0 saturated heterocycles. The summed E-state index contributed by atoms with van der Waals surface area (Å²) < 4.78 is 1.73. The van der Waals surface area contributed by atoms with Gasteiger partial charge in [0.2, 0.25) is 0 Å². The molecular weight excluding hydrogens is 166 g/mol. The normalized spacial score (nSPS) is 16.1. The van der Waals surface area contributed by atoms with Crippen LogP contribution in [0.15, 0.2) is 17.3 Å². The van der Waals surface area contributed by atoms with E-state index in [4.69, 9.17) is 5.73 Å². The Morgan fingerprint density at radius 2 is 2.38 bits per heavy atom. The number of hydrogen-bond donors (Lipinski definition) is 1. The van der Waals surface area contributed by atoms with Crippen molar-refractivity contribution < 1.29 is 0 Å². The number of nitrogens with zero attached hydrogens (tertiary/aromatic N) is 2. The van der Waals surface area contributed by atoms with Crippen LogP contribution in [0.3, 0.4) is 0 Å². The zero-order chi connectivity index (χ0) is 9.26. The third-order valence-corrected chi connectivity index (χ3v) is 2.28. The van der Waals surface area contributed by atoms with Crippen molar-refractivity contribution >= 4 is 0 Å². The van der Waals surface area contributed by atoms with Gasteiger partial charge in [-0.15, -0.1) is 0 Å². The fraction of sp³-hybridized carbons (Fsp3) is 0.556. The van der Waals surface area contributed by atoms with Crippen LogP contribution in [-0.4, -0.2) is 16.1 Å². The monoisotopic (exact) mass is 179 g/mol. The lowest BCUT2D eigenvalue weighted by Crippen LogP contribution is -2.24. The topological polar surface area (TPSA) is 60.9 Å². The molecule has 1 fully saturated rings. The summed E-state index contributed by atoms with van der Waals surface area (Å²) in [6, 6.07) is 0.401. The van der Waals surface area contributed by atoms with Crippen LogP contribution < -0.4 is 11.3 Å². The van der Waals surface area contributed by atoms with E-state index >= 15 is 0 Å². The average molecular weight is 179 g/mol. The largest absolute Gasteiger partial charge is 0.330 e. The molecule has 1 aliphatic rings. The summed E-state index contributed by atoms with van der Waals surface area (Å²) in [5.41, 5.74) is 6.21. The first-order valence-electron chi connectivity index (χ1n) is 4.58. The Hall–Kier alpha value is -1.16. The molecule has 1 aromatic rings. The van der Waals surface area contributed by atoms with Gasteiger partial charge < -0.3 is 5.73 Å². The number of nitrogens with two attached hydrogens (primary N) is 1. The quantitative estimate of drug-likeness (QED) is 0.714. The zero-order valence-electron chi connectivity index (χ0n) is 7.44. The highest BCUT2D eigenvalue weighted by molar-refractivity contribution is 5.06. The lowest BCUT2D eigenvalue weighted by atomic mass is 10.2. The molecule has 70 valence electrons. The Bertz CT molecular complexity index is 354. The van der Waals surface area contributed by atoms with Crippen LogP contribution in [0.5, 0.6) is 0 Å². The summed E-state index contributed by atoms with van der Waals surface area (Å²) in [5.74, 6) is 0. The fourth-order valence-electron chi connectivity index (χ4n) is 1.41. The van der Waals surface area contributed by atoms with Crippen LogP contribution in [0.4, 0.5) is 0 Å². The van der Waals surface area contributed by atoms with Crippen LogP contribution in [0.2, 0.25) is 0 Å². The maximum absolute atomic E-state index is 11.7. The second-order valence-corrected chi connectivity index (χ2v) is 3.40. The summed E-state index contributed by atoms with van der Waals surface area (Å²) in [5, 5.41) is 0. The minimum atomic E-state index is 0.0861. The highest BCUT2D eigenvalue weighted by atomic mass is 16.1. The smallest absolute Gasteiger partial charge is 0.256 e. The number of rotatable bonds is 3. The first-order valence-corrected chi connectivity index (χ1v) is 4.58. The predicted octanol–water partition coefficient (Wildman–Crippen LogP) is 0.0794. The van der Waals surface area contributed by atoms with Crippen LogP contribution in [-0.2, 0) is 6.42 Å². The average Bonchev–Trinajstić information content (AvgIpc) is 2.92. The van der Waals surface area contributed by atoms with Gasteiger partial charge in [0, 0.05) is 17.8 Å². The summed E-state index contributed by atoms with van der Waals surface area (Å²) in [4.78, 5) is 15.7. The Balaban J connectivity index is 2.36. The van der Waals surface area contributed by atoms with Gasteiger partial charge in [0.05, 0.1) is 6.33 Å². The summed E-state index contributed by atoms with van der Waals surface area (Å²) in [7, 11) is 0. The highest BCUT2D eigenvalue weighted by Crippen LogP contribution is 2.32. The molecule has 1 saturated carbocycles. The van der Waals surface area contributed by atoms with Gasteiger partial charge >= 0.3 is 0 Å². The van der Waals surface area contributed by atoms with Gasteiger partial charge in [-0.05, 0) is 25.8 Å². The van der Waals surface area contributed by atoms with E-state index in [1.165, 1.54) is 0 Å². The molecule has 0 amide bonds. The molecule has 13 heavy (non-hydrogen) atoms. The Labute approximate surface area is 76.4 Å². The van der Waals surface area contributed by atoms with Gasteiger partial charge in [0.1, 0.15) is 0 Å². The SMILES string of the molecule is NCCc1cncn(C2CC2)c1=O. The Morgan fingerprint density at radius 1 is 1.62 bits per heavy atom. The molecule has 2 rings (SSSR count). The first kappa shape index (κ1) is 8.44. The molecule has 0 bridgehead atoms. The van der Waals surface area contributed by atoms with Crippen molar-refractivity contribution in [1.82, 2.24) is 9.55 Å². The number of aromatic nitrogens is 2. The molecular formula is C9H13N3O. The van der Waals surface area contributed by atoms with Gasteiger partial charge in [-0.2, -0.15) is 0 Å². The first-order chi connectivity index (χ1) is 6.33. The van der Waals surface area contributed by atoms with Crippen LogP contribution in [0.1, 0.15) is 24.4 Å². The van der Waals surface area contributed by atoms with Crippen molar-refractivity contribution in [3.63, 3.8) is 0 Å². The summed E-state index contributed by atoms with van der Waals surface area (Å²) >= 11 is 0. The lowest BCUT2D eigenvalue weighted by Gasteiger charge is -2.03. The molecule has 0 aliphatic heterocycles. The fourth-order valence-corrected chi connectivity index (χ4v) is 1.41.